The monoisotopic (exact) mass is 418 g/mol. The van der Waals surface area contributed by atoms with E-state index in [1.807, 2.05) is 0 Å². The SMILES string of the molecule is O=[C]=[Re](=[C]=O)=[C]=O.c1cc[c-](C2CCCCC2)c1. The van der Waals surface area contributed by atoms with Gasteiger partial charge in [-0.25, -0.2) is 12.1 Å². The maximum Gasteiger partial charge on any atom is -0.0533 e. The van der Waals surface area contributed by atoms with Gasteiger partial charge in [0.2, 0.25) is 0 Å². The van der Waals surface area contributed by atoms with E-state index in [9.17, 15) is 14.4 Å². The van der Waals surface area contributed by atoms with Crippen LogP contribution in [0, 0.1) is 0 Å². The van der Waals surface area contributed by atoms with E-state index in [1.165, 1.54) is 45.2 Å². The maximum atomic E-state index is 9.40. The van der Waals surface area contributed by atoms with E-state index in [0.29, 0.717) is 0 Å². The van der Waals surface area contributed by atoms with Gasteiger partial charge in [0.15, 0.2) is 0 Å². The minimum Gasteiger partial charge on any atom is -0.213 e. The van der Waals surface area contributed by atoms with Gasteiger partial charge in [0.05, 0.1) is 0 Å². The predicted molar refractivity (Wildman–Crippen MR) is 64.9 cm³/mol. The second-order valence-electron chi connectivity index (χ2n) is 4.07. The van der Waals surface area contributed by atoms with E-state index in [4.69, 9.17) is 0 Å². The van der Waals surface area contributed by atoms with Crippen molar-refractivity contribution in [3.63, 3.8) is 0 Å². The van der Waals surface area contributed by atoms with Crippen LogP contribution in [-0.2, 0) is 29.8 Å². The van der Waals surface area contributed by atoms with E-state index in [1.54, 1.807) is 5.56 Å². The molecule has 0 aliphatic heterocycles. The average Bonchev–Trinajstić information content (AvgIpc) is 2.96. The molecule has 0 N–H and O–H groups in total. The quantitative estimate of drug-likeness (QED) is 0.659. The van der Waals surface area contributed by atoms with Gasteiger partial charge in [0.1, 0.15) is 0 Å². The van der Waals surface area contributed by atoms with Gasteiger partial charge in [-0.05, 0) is 0 Å². The van der Waals surface area contributed by atoms with Crippen molar-refractivity contribution in [3.05, 3.63) is 29.8 Å². The van der Waals surface area contributed by atoms with Crippen LogP contribution in [0.1, 0.15) is 43.6 Å². The van der Waals surface area contributed by atoms with Gasteiger partial charge in [-0.1, -0.05) is 38.0 Å². The van der Waals surface area contributed by atoms with Gasteiger partial charge < -0.3 is 0 Å². The summed E-state index contributed by atoms with van der Waals surface area (Å²) in [5.74, 6) is 0.888. The van der Waals surface area contributed by atoms with Crippen LogP contribution in [0.2, 0.25) is 0 Å². The van der Waals surface area contributed by atoms with Crippen LogP contribution in [0.15, 0.2) is 24.3 Å². The van der Waals surface area contributed by atoms with Crippen LogP contribution in [0.25, 0.3) is 0 Å². The largest absolute Gasteiger partial charge is 0.213 e. The van der Waals surface area contributed by atoms with Gasteiger partial charge in [-0.3, -0.25) is 0 Å². The summed E-state index contributed by atoms with van der Waals surface area (Å²) in [4.78, 5) is 28.2. The van der Waals surface area contributed by atoms with E-state index in [2.05, 4.69) is 24.3 Å². The summed E-state index contributed by atoms with van der Waals surface area (Å²) in [6.45, 7) is 0. The summed E-state index contributed by atoms with van der Waals surface area (Å²) in [6.07, 6.45) is 7.18. The summed E-state index contributed by atoms with van der Waals surface area (Å²) in [5, 5.41) is 0. The van der Waals surface area contributed by atoms with Crippen LogP contribution in [0.3, 0.4) is 0 Å². The second-order valence-corrected chi connectivity index (χ2v) is 7.77. The fourth-order valence-electron chi connectivity index (χ4n) is 2.14. The molecule has 18 heavy (non-hydrogen) atoms. The summed E-state index contributed by atoms with van der Waals surface area (Å²) >= 11 is -2.97. The molecule has 0 spiro atoms. The Bertz CT molecular complexity index is 513. The molecule has 0 amide bonds. The molecule has 1 aromatic carbocycles. The molecule has 0 radical (unpaired) electrons. The van der Waals surface area contributed by atoms with Crippen molar-refractivity contribution in [1.29, 1.82) is 0 Å². The van der Waals surface area contributed by atoms with Crippen molar-refractivity contribution < 1.29 is 29.8 Å². The summed E-state index contributed by atoms with van der Waals surface area (Å²) in [5.41, 5.74) is 1.57. The average molecular weight is 417 g/mol. The van der Waals surface area contributed by atoms with Crippen molar-refractivity contribution in [3.8, 4) is 0 Å². The maximum absolute atomic E-state index is 9.40. The van der Waals surface area contributed by atoms with E-state index in [0.717, 1.165) is 5.92 Å². The standard InChI is InChI=1S/C11H15.3CO.Re/c1-2-6-10(7-3-1)11-8-4-5-9-11;3*1-2;/h4-5,8-10H,1-3,6-7H2;;;;/q-1;;;;. The third kappa shape index (κ3) is 4.95. The molecule has 2 rings (SSSR count). The van der Waals surface area contributed by atoms with Gasteiger partial charge in [0.25, 0.3) is 0 Å². The van der Waals surface area contributed by atoms with Crippen LogP contribution >= 0.6 is 0 Å². The van der Waals surface area contributed by atoms with Crippen molar-refractivity contribution in [1.82, 2.24) is 0 Å². The van der Waals surface area contributed by atoms with Crippen molar-refractivity contribution in [2.24, 2.45) is 0 Å². The number of hydrogen-bond donors (Lipinski definition) is 0. The summed E-state index contributed by atoms with van der Waals surface area (Å²) in [6, 6.07) is 8.86. The number of carbonyl (C=O) groups excluding carboxylic acids is 3. The van der Waals surface area contributed by atoms with Gasteiger partial charge in [-0.15, -0.1) is 0 Å². The Morgan fingerprint density at radius 1 is 0.889 bits per heavy atom. The van der Waals surface area contributed by atoms with Crippen LogP contribution in [-0.4, -0.2) is 13.1 Å². The Morgan fingerprint density at radius 2 is 1.39 bits per heavy atom. The summed E-state index contributed by atoms with van der Waals surface area (Å²) in [7, 11) is 0. The van der Waals surface area contributed by atoms with Crippen LogP contribution in [0.5, 0.6) is 0 Å². The van der Waals surface area contributed by atoms with Gasteiger partial charge in [0, 0.05) is 0 Å². The molecule has 4 heteroatoms. The molecule has 0 unspecified atom stereocenters. The first-order valence-electron chi connectivity index (χ1n) is 5.86. The van der Waals surface area contributed by atoms with E-state index in [-0.39, 0.29) is 0 Å². The van der Waals surface area contributed by atoms with Crippen molar-refractivity contribution >= 4 is 13.1 Å². The first-order chi connectivity index (χ1) is 8.81. The Balaban J connectivity index is 0.000000203. The second kappa shape index (κ2) is 8.79. The zero-order valence-electron chi connectivity index (χ0n) is 10.0. The minimum atomic E-state index is -2.97. The fourth-order valence-corrected chi connectivity index (χ4v) is 2.48. The molecule has 0 atom stereocenters. The molecular weight excluding hydrogens is 402 g/mol. The topological polar surface area (TPSA) is 51.2 Å². The van der Waals surface area contributed by atoms with E-state index >= 15 is 0 Å². The molecular formula is C14H15O3Re-. The number of hydrogen-bond acceptors (Lipinski definition) is 3. The molecule has 0 heterocycles. The summed E-state index contributed by atoms with van der Waals surface area (Å²) < 4.78 is 3.87. The molecule has 3 nitrogen and oxygen atoms in total. The molecule has 1 aliphatic carbocycles. The normalized spacial score (nSPS) is 14.4. The Kier molecular flexibility index (Phi) is 7.23. The molecule has 1 fully saturated rings. The Labute approximate surface area is 111 Å². The molecule has 0 aromatic heterocycles. The molecule has 1 aromatic rings. The molecule has 0 saturated heterocycles. The van der Waals surface area contributed by atoms with E-state index < -0.39 is 15.4 Å². The third-order valence-corrected chi connectivity index (χ3v) is 4.66. The zero-order chi connectivity index (χ0) is 13.2. The first-order valence-corrected chi connectivity index (χ1v) is 9.94. The van der Waals surface area contributed by atoms with Gasteiger partial charge >= 0.3 is 42.8 Å². The zero-order valence-corrected chi connectivity index (χ0v) is 12.7. The predicted octanol–water partition coefficient (Wildman–Crippen LogP) is 2.26. The van der Waals surface area contributed by atoms with Crippen molar-refractivity contribution in [2.45, 2.75) is 38.0 Å². The smallest absolute Gasteiger partial charge is 0.0533 e. The van der Waals surface area contributed by atoms with Crippen LogP contribution < -0.4 is 0 Å². The fraction of sp³-hybridized carbons (Fsp3) is 0.429. The first kappa shape index (κ1) is 14.8. The molecule has 97 valence electrons. The Hall–Kier alpha value is -1.25. The van der Waals surface area contributed by atoms with Crippen LogP contribution in [0.4, 0.5) is 0 Å². The molecule has 1 saturated carbocycles. The third-order valence-electron chi connectivity index (χ3n) is 3.00. The molecule has 0 bridgehead atoms. The van der Waals surface area contributed by atoms with Crippen molar-refractivity contribution in [2.75, 3.05) is 0 Å². The Morgan fingerprint density at radius 3 is 1.78 bits per heavy atom. The molecule has 1 aliphatic rings. The number of rotatable bonds is 1. The van der Waals surface area contributed by atoms with Gasteiger partial charge in [-0.2, -0.15) is 17.7 Å². The minimum absolute atomic E-state index is 0.888.